The molecule has 0 saturated carbocycles. The number of alkyl halides is 1. The highest BCUT2D eigenvalue weighted by Crippen LogP contribution is 1.97. The standard InChI is InChI=1S/C4H6ClNO/c1-3(7)4(5)2-6/h3-4,7H,1H3/t3-,4+/m0/s1. The van der Waals surface area contributed by atoms with Gasteiger partial charge in [0.25, 0.3) is 0 Å². The molecule has 0 spiro atoms. The van der Waals surface area contributed by atoms with Gasteiger partial charge in [-0.1, -0.05) is 0 Å². The van der Waals surface area contributed by atoms with E-state index in [1.165, 1.54) is 6.92 Å². The zero-order valence-electron chi connectivity index (χ0n) is 3.93. The molecule has 0 aliphatic heterocycles. The number of aliphatic hydroxyl groups excluding tert-OH is 1. The SMILES string of the molecule is C[C@H](O)[C@H](Cl)C#N. The van der Waals surface area contributed by atoms with Crippen LogP contribution in [0.3, 0.4) is 0 Å². The maximum atomic E-state index is 8.47. The second-order valence-corrected chi connectivity index (χ2v) is 1.74. The van der Waals surface area contributed by atoms with Gasteiger partial charge in [-0.2, -0.15) is 5.26 Å². The molecule has 0 bridgehead atoms. The molecule has 40 valence electrons. The summed E-state index contributed by atoms with van der Waals surface area (Å²) in [5.41, 5.74) is 0. The second kappa shape index (κ2) is 2.84. The van der Waals surface area contributed by atoms with Gasteiger partial charge in [-0.25, -0.2) is 0 Å². The quantitative estimate of drug-likeness (QED) is 0.511. The van der Waals surface area contributed by atoms with Gasteiger partial charge in [0.05, 0.1) is 12.2 Å². The highest BCUT2D eigenvalue weighted by Gasteiger charge is 2.07. The summed E-state index contributed by atoms with van der Waals surface area (Å²) in [5, 5.41) is 15.7. The number of nitriles is 1. The molecule has 0 rings (SSSR count). The number of hydrogen-bond acceptors (Lipinski definition) is 2. The predicted octanol–water partition coefficient (Wildman–Crippen LogP) is 0.498. The summed E-state index contributed by atoms with van der Waals surface area (Å²) in [5.74, 6) is 0. The van der Waals surface area contributed by atoms with Crippen molar-refractivity contribution in [2.24, 2.45) is 0 Å². The first-order chi connectivity index (χ1) is 3.18. The molecule has 0 saturated heterocycles. The fourth-order valence-electron chi connectivity index (χ4n) is 0.108. The van der Waals surface area contributed by atoms with E-state index in [-0.39, 0.29) is 0 Å². The first-order valence-electron chi connectivity index (χ1n) is 1.90. The zero-order chi connectivity index (χ0) is 5.86. The van der Waals surface area contributed by atoms with Gasteiger partial charge in [-0.15, -0.1) is 11.6 Å². The monoisotopic (exact) mass is 119 g/mol. The van der Waals surface area contributed by atoms with Crippen molar-refractivity contribution >= 4 is 11.6 Å². The minimum Gasteiger partial charge on any atom is -0.391 e. The Hall–Kier alpha value is -0.260. The van der Waals surface area contributed by atoms with Crippen LogP contribution in [0.5, 0.6) is 0 Å². The third kappa shape index (κ3) is 2.44. The van der Waals surface area contributed by atoms with E-state index in [0.29, 0.717) is 0 Å². The lowest BCUT2D eigenvalue weighted by atomic mass is 10.3. The third-order valence-electron chi connectivity index (χ3n) is 0.547. The lowest BCUT2D eigenvalue weighted by Crippen LogP contribution is -2.13. The number of hydrogen-bond donors (Lipinski definition) is 1. The Morgan fingerprint density at radius 3 is 2.29 bits per heavy atom. The highest BCUT2D eigenvalue weighted by molar-refractivity contribution is 6.22. The Bertz CT molecular complexity index is 86.2. The summed E-state index contributed by atoms with van der Waals surface area (Å²) in [6, 6.07) is 1.68. The van der Waals surface area contributed by atoms with Crippen LogP contribution in [0.4, 0.5) is 0 Å². The molecular weight excluding hydrogens is 114 g/mol. The van der Waals surface area contributed by atoms with E-state index in [9.17, 15) is 0 Å². The number of nitrogens with zero attached hydrogens (tertiary/aromatic N) is 1. The second-order valence-electron chi connectivity index (χ2n) is 1.27. The van der Waals surface area contributed by atoms with Gasteiger partial charge in [-0.05, 0) is 6.92 Å². The van der Waals surface area contributed by atoms with E-state index in [0.717, 1.165) is 0 Å². The molecule has 0 heterocycles. The van der Waals surface area contributed by atoms with Crippen molar-refractivity contribution in [2.45, 2.75) is 18.4 Å². The van der Waals surface area contributed by atoms with Crippen molar-refractivity contribution in [3.8, 4) is 6.07 Å². The van der Waals surface area contributed by atoms with Crippen LogP contribution in [0.2, 0.25) is 0 Å². The van der Waals surface area contributed by atoms with Crippen molar-refractivity contribution < 1.29 is 5.11 Å². The fraction of sp³-hybridized carbons (Fsp3) is 0.750. The summed E-state index contributed by atoms with van der Waals surface area (Å²) in [6.07, 6.45) is -0.730. The van der Waals surface area contributed by atoms with Gasteiger partial charge in [0.2, 0.25) is 0 Å². The Balaban J connectivity index is 3.40. The number of rotatable bonds is 1. The lowest BCUT2D eigenvalue weighted by molar-refractivity contribution is 0.203. The summed E-state index contributed by atoms with van der Waals surface area (Å²) < 4.78 is 0. The van der Waals surface area contributed by atoms with Crippen LogP contribution < -0.4 is 0 Å². The molecule has 3 heteroatoms. The van der Waals surface area contributed by atoms with E-state index in [4.69, 9.17) is 22.0 Å². The van der Waals surface area contributed by atoms with Gasteiger partial charge in [-0.3, -0.25) is 0 Å². The van der Waals surface area contributed by atoms with Crippen LogP contribution >= 0.6 is 11.6 Å². The molecule has 0 aromatic heterocycles. The van der Waals surface area contributed by atoms with Crippen LogP contribution in [-0.2, 0) is 0 Å². The molecule has 0 aliphatic carbocycles. The van der Waals surface area contributed by atoms with Crippen molar-refractivity contribution in [1.29, 1.82) is 5.26 Å². The Morgan fingerprint density at radius 1 is 1.86 bits per heavy atom. The molecule has 7 heavy (non-hydrogen) atoms. The Morgan fingerprint density at radius 2 is 2.29 bits per heavy atom. The summed E-state index contributed by atoms with van der Waals surface area (Å²) in [6.45, 7) is 1.47. The molecular formula is C4H6ClNO. The summed E-state index contributed by atoms with van der Waals surface area (Å²) >= 11 is 5.19. The topological polar surface area (TPSA) is 44.0 Å². The Kier molecular flexibility index (Phi) is 2.73. The molecule has 2 atom stereocenters. The third-order valence-corrected chi connectivity index (χ3v) is 1.01. The normalized spacial score (nSPS) is 17.4. The van der Waals surface area contributed by atoms with E-state index < -0.39 is 11.5 Å². The van der Waals surface area contributed by atoms with Crippen molar-refractivity contribution in [1.82, 2.24) is 0 Å². The lowest BCUT2D eigenvalue weighted by Gasteiger charge is -1.99. The minimum atomic E-state index is -0.764. The van der Waals surface area contributed by atoms with Crippen LogP contribution in [0.25, 0.3) is 0 Å². The molecule has 0 aromatic rings. The number of aliphatic hydroxyl groups is 1. The van der Waals surface area contributed by atoms with E-state index in [1.54, 1.807) is 6.07 Å². The van der Waals surface area contributed by atoms with Gasteiger partial charge in [0.1, 0.15) is 5.38 Å². The Labute approximate surface area is 47.3 Å². The van der Waals surface area contributed by atoms with Crippen LogP contribution in [0.1, 0.15) is 6.92 Å². The highest BCUT2D eigenvalue weighted by atomic mass is 35.5. The van der Waals surface area contributed by atoms with Crippen LogP contribution in [0, 0.1) is 11.3 Å². The molecule has 0 amide bonds. The van der Waals surface area contributed by atoms with E-state index in [2.05, 4.69) is 0 Å². The van der Waals surface area contributed by atoms with Crippen molar-refractivity contribution in [3.63, 3.8) is 0 Å². The molecule has 0 unspecified atom stereocenters. The van der Waals surface area contributed by atoms with E-state index >= 15 is 0 Å². The largest absolute Gasteiger partial charge is 0.391 e. The molecule has 1 N–H and O–H groups in total. The first kappa shape index (κ1) is 6.74. The smallest absolute Gasteiger partial charge is 0.146 e. The molecule has 0 radical (unpaired) electrons. The van der Waals surface area contributed by atoms with Gasteiger partial charge in [0.15, 0.2) is 0 Å². The zero-order valence-corrected chi connectivity index (χ0v) is 4.68. The summed E-state index contributed by atoms with van der Waals surface area (Å²) in [7, 11) is 0. The first-order valence-corrected chi connectivity index (χ1v) is 2.34. The van der Waals surface area contributed by atoms with Crippen LogP contribution in [-0.4, -0.2) is 16.6 Å². The molecule has 0 aliphatic rings. The molecule has 2 nitrogen and oxygen atoms in total. The van der Waals surface area contributed by atoms with Crippen molar-refractivity contribution in [2.75, 3.05) is 0 Å². The fourth-order valence-corrected chi connectivity index (χ4v) is 0.108. The number of halogens is 1. The van der Waals surface area contributed by atoms with Crippen LogP contribution in [0.15, 0.2) is 0 Å². The van der Waals surface area contributed by atoms with Gasteiger partial charge < -0.3 is 5.11 Å². The summed E-state index contributed by atoms with van der Waals surface area (Å²) in [4.78, 5) is 0. The molecule has 0 aromatic carbocycles. The average molecular weight is 120 g/mol. The predicted molar refractivity (Wildman–Crippen MR) is 26.9 cm³/mol. The average Bonchev–Trinajstić information content (AvgIpc) is 1.65. The maximum absolute atomic E-state index is 8.47. The minimum absolute atomic E-state index is 0.730. The van der Waals surface area contributed by atoms with Gasteiger partial charge in [0, 0.05) is 0 Å². The van der Waals surface area contributed by atoms with Crippen molar-refractivity contribution in [3.05, 3.63) is 0 Å². The maximum Gasteiger partial charge on any atom is 0.146 e. The van der Waals surface area contributed by atoms with Gasteiger partial charge >= 0.3 is 0 Å². The molecule has 0 fully saturated rings. The van der Waals surface area contributed by atoms with E-state index in [1.807, 2.05) is 0 Å².